The molecule has 1 aliphatic rings. The number of nitrogens with one attached hydrogen (secondary N) is 1. The van der Waals surface area contributed by atoms with E-state index in [2.05, 4.69) is 17.2 Å². The topological polar surface area (TPSA) is 34.1 Å². The Labute approximate surface area is 88.5 Å². The van der Waals surface area contributed by atoms with Crippen LogP contribution >= 0.6 is 11.3 Å². The summed E-state index contributed by atoms with van der Waals surface area (Å²) in [6.07, 6.45) is 4.66. The van der Waals surface area contributed by atoms with Crippen molar-refractivity contribution in [1.82, 2.24) is 10.3 Å². The molecule has 2 heterocycles. The predicted octanol–water partition coefficient (Wildman–Crippen LogP) is 1.97. The van der Waals surface area contributed by atoms with Crippen LogP contribution in [0, 0.1) is 0 Å². The van der Waals surface area contributed by atoms with Crippen molar-refractivity contribution in [3.05, 3.63) is 16.6 Å². The second-order valence-corrected chi connectivity index (χ2v) is 4.56. The first-order chi connectivity index (χ1) is 6.86. The van der Waals surface area contributed by atoms with Crippen molar-refractivity contribution in [2.24, 2.45) is 0 Å². The quantitative estimate of drug-likeness (QED) is 0.828. The number of ether oxygens (including phenoxy) is 1. The number of thiazole rings is 1. The molecule has 0 aliphatic carbocycles. The third-order valence-corrected chi connectivity index (χ3v) is 3.46. The van der Waals surface area contributed by atoms with E-state index in [1.54, 1.807) is 11.3 Å². The van der Waals surface area contributed by atoms with Crippen LogP contribution in [0.15, 0.2) is 11.6 Å². The molecular formula is C10H16N2OS. The maximum Gasteiger partial charge on any atom is 0.109 e. The molecule has 0 radical (unpaired) electrons. The molecule has 4 heteroatoms. The van der Waals surface area contributed by atoms with Gasteiger partial charge in [0, 0.05) is 24.7 Å². The number of rotatable bonds is 4. The smallest absolute Gasteiger partial charge is 0.109 e. The standard InChI is InChI=1S/C10H16N2OS/c1-8(10-11-4-6-14-10)12-7-9-3-2-5-13-9/h4,6,8-9,12H,2-3,5,7H2,1H3/t8-,9+/m0/s1. The predicted molar refractivity (Wildman–Crippen MR) is 57.5 cm³/mol. The zero-order valence-corrected chi connectivity index (χ0v) is 9.22. The zero-order valence-electron chi connectivity index (χ0n) is 8.40. The molecule has 0 aromatic carbocycles. The van der Waals surface area contributed by atoms with Crippen LogP contribution in [0.25, 0.3) is 0 Å². The summed E-state index contributed by atoms with van der Waals surface area (Å²) in [5.41, 5.74) is 0. The van der Waals surface area contributed by atoms with E-state index in [0.29, 0.717) is 12.1 Å². The van der Waals surface area contributed by atoms with Gasteiger partial charge in [-0.25, -0.2) is 4.98 Å². The molecule has 1 aromatic heterocycles. The minimum atomic E-state index is 0.346. The number of hydrogen-bond acceptors (Lipinski definition) is 4. The highest BCUT2D eigenvalue weighted by molar-refractivity contribution is 7.09. The summed E-state index contributed by atoms with van der Waals surface area (Å²) in [6.45, 7) is 4.02. The van der Waals surface area contributed by atoms with E-state index in [-0.39, 0.29) is 0 Å². The number of hydrogen-bond donors (Lipinski definition) is 1. The van der Waals surface area contributed by atoms with Gasteiger partial charge >= 0.3 is 0 Å². The van der Waals surface area contributed by atoms with Crippen LogP contribution < -0.4 is 5.32 Å². The Morgan fingerprint density at radius 2 is 2.71 bits per heavy atom. The summed E-state index contributed by atoms with van der Waals surface area (Å²) in [5, 5.41) is 6.62. The van der Waals surface area contributed by atoms with Crippen molar-refractivity contribution in [3.8, 4) is 0 Å². The molecule has 78 valence electrons. The molecule has 1 aromatic rings. The lowest BCUT2D eigenvalue weighted by molar-refractivity contribution is 0.108. The molecule has 0 unspecified atom stereocenters. The molecule has 1 saturated heterocycles. The lowest BCUT2D eigenvalue weighted by Gasteiger charge is -2.14. The lowest BCUT2D eigenvalue weighted by atomic mass is 10.2. The first kappa shape index (κ1) is 10.1. The summed E-state index contributed by atoms with van der Waals surface area (Å²) in [5.74, 6) is 0. The molecule has 0 bridgehead atoms. The minimum Gasteiger partial charge on any atom is -0.377 e. The fourth-order valence-electron chi connectivity index (χ4n) is 1.65. The second-order valence-electron chi connectivity index (χ2n) is 3.64. The van der Waals surface area contributed by atoms with Crippen molar-refractivity contribution in [2.45, 2.75) is 31.9 Å². The van der Waals surface area contributed by atoms with Crippen LogP contribution in [-0.4, -0.2) is 24.2 Å². The van der Waals surface area contributed by atoms with Crippen LogP contribution in [0.4, 0.5) is 0 Å². The maximum absolute atomic E-state index is 5.54. The van der Waals surface area contributed by atoms with E-state index in [1.807, 2.05) is 11.6 Å². The van der Waals surface area contributed by atoms with Crippen molar-refractivity contribution < 1.29 is 4.74 Å². The molecule has 0 spiro atoms. The molecule has 1 N–H and O–H groups in total. The summed E-state index contributed by atoms with van der Waals surface area (Å²) in [4.78, 5) is 4.28. The van der Waals surface area contributed by atoms with Gasteiger partial charge in [-0.15, -0.1) is 11.3 Å². The number of nitrogens with zero attached hydrogens (tertiary/aromatic N) is 1. The Morgan fingerprint density at radius 1 is 1.79 bits per heavy atom. The van der Waals surface area contributed by atoms with Crippen LogP contribution in [0.2, 0.25) is 0 Å². The normalized spacial score (nSPS) is 23.9. The van der Waals surface area contributed by atoms with Gasteiger partial charge in [-0.05, 0) is 19.8 Å². The SMILES string of the molecule is C[C@H](NC[C@H]1CCCO1)c1nccs1. The summed E-state index contributed by atoms with van der Waals surface area (Å²) in [7, 11) is 0. The van der Waals surface area contributed by atoms with Crippen molar-refractivity contribution in [1.29, 1.82) is 0 Å². The fourth-order valence-corrected chi connectivity index (χ4v) is 2.32. The molecular weight excluding hydrogens is 196 g/mol. The van der Waals surface area contributed by atoms with Gasteiger partial charge in [0.2, 0.25) is 0 Å². The van der Waals surface area contributed by atoms with Gasteiger partial charge in [-0.3, -0.25) is 0 Å². The Balaban J connectivity index is 1.74. The van der Waals surface area contributed by atoms with Gasteiger partial charge in [-0.2, -0.15) is 0 Å². The molecule has 0 amide bonds. The van der Waals surface area contributed by atoms with E-state index in [4.69, 9.17) is 4.74 Å². The van der Waals surface area contributed by atoms with Crippen LogP contribution in [-0.2, 0) is 4.74 Å². The van der Waals surface area contributed by atoms with E-state index in [9.17, 15) is 0 Å². The molecule has 2 rings (SSSR count). The summed E-state index contributed by atoms with van der Waals surface area (Å²) in [6, 6.07) is 0.346. The average molecular weight is 212 g/mol. The fraction of sp³-hybridized carbons (Fsp3) is 0.700. The zero-order chi connectivity index (χ0) is 9.80. The highest BCUT2D eigenvalue weighted by atomic mass is 32.1. The van der Waals surface area contributed by atoms with Gasteiger partial charge < -0.3 is 10.1 Å². The molecule has 2 atom stereocenters. The maximum atomic E-state index is 5.54. The first-order valence-corrected chi connectivity index (χ1v) is 5.98. The molecule has 0 saturated carbocycles. The van der Waals surface area contributed by atoms with Crippen molar-refractivity contribution >= 4 is 11.3 Å². The summed E-state index contributed by atoms with van der Waals surface area (Å²) >= 11 is 1.70. The van der Waals surface area contributed by atoms with Gasteiger partial charge in [0.05, 0.1) is 12.1 Å². The van der Waals surface area contributed by atoms with E-state index < -0.39 is 0 Å². The van der Waals surface area contributed by atoms with Crippen LogP contribution in [0.3, 0.4) is 0 Å². The monoisotopic (exact) mass is 212 g/mol. The first-order valence-electron chi connectivity index (χ1n) is 5.10. The average Bonchev–Trinajstić information content (AvgIpc) is 2.87. The largest absolute Gasteiger partial charge is 0.377 e. The Kier molecular flexibility index (Phi) is 3.50. The molecule has 1 aliphatic heterocycles. The van der Waals surface area contributed by atoms with Gasteiger partial charge in [-0.1, -0.05) is 0 Å². The third-order valence-electron chi connectivity index (χ3n) is 2.50. The summed E-state index contributed by atoms with van der Waals surface area (Å²) < 4.78 is 5.54. The van der Waals surface area contributed by atoms with E-state index >= 15 is 0 Å². The molecule has 1 fully saturated rings. The van der Waals surface area contributed by atoms with Crippen LogP contribution in [0.5, 0.6) is 0 Å². The molecule has 14 heavy (non-hydrogen) atoms. The van der Waals surface area contributed by atoms with Crippen LogP contribution in [0.1, 0.15) is 30.8 Å². The van der Waals surface area contributed by atoms with Gasteiger partial charge in [0.15, 0.2) is 0 Å². The number of aromatic nitrogens is 1. The van der Waals surface area contributed by atoms with E-state index in [0.717, 1.165) is 18.2 Å². The second kappa shape index (κ2) is 4.87. The Hall–Kier alpha value is -0.450. The van der Waals surface area contributed by atoms with Gasteiger partial charge in [0.25, 0.3) is 0 Å². The Bertz CT molecular complexity index is 257. The third kappa shape index (κ3) is 2.53. The van der Waals surface area contributed by atoms with Crippen molar-refractivity contribution in [3.63, 3.8) is 0 Å². The lowest BCUT2D eigenvalue weighted by Crippen LogP contribution is -2.28. The molecule has 3 nitrogen and oxygen atoms in total. The van der Waals surface area contributed by atoms with Gasteiger partial charge in [0.1, 0.15) is 5.01 Å². The minimum absolute atomic E-state index is 0.346. The highest BCUT2D eigenvalue weighted by Crippen LogP contribution is 2.16. The van der Waals surface area contributed by atoms with E-state index in [1.165, 1.54) is 12.8 Å². The van der Waals surface area contributed by atoms with Crippen molar-refractivity contribution in [2.75, 3.05) is 13.2 Å². The highest BCUT2D eigenvalue weighted by Gasteiger charge is 2.16. The Morgan fingerprint density at radius 3 is 3.36 bits per heavy atom.